The molecule has 4 N–H and O–H groups in total. The summed E-state index contributed by atoms with van der Waals surface area (Å²) in [5.41, 5.74) is 4.94. The highest BCUT2D eigenvalue weighted by Crippen LogP contribution is 2.06. The van der Waals surface area contributed by atoms with Crippen LogP contribution < -0.4 is 16.4 Å². The SMILES string of the molecule is Cn1cc(N)nc1C(=O)NCCNC(=O)OC(C)(C)C. The van der Waals surface area contributed by atoms with Crippen LogP contribution >= 0.6 is 0 Å². The summed E-state index contributed by atoms with van der Waals surface area (Å²) < 4.78 is 6.59. The maximum Gasteiger partial charge on any atom is 0.407 e. The smallest absolute Gasteiger partial charge is 0.407 e. The van der Waals surface area contributed by atoms with E-state index in [1.54, 1.807) is 34.0 Å². The molecule has 0 atom stereocenters. The molecule has 0 radical (unpaired) electrons. The number of hydrogen-bond acceptors (Lipinski definition) is 5. The van der Waals surface area contributed by atoms with Gasteiger partial charge in [-0.05, 0) is 20.8 Å². The molecule has 1 aromatic rings. The number of amides is 2. The third-order valence-electron chi connectivity index (χ3n) is 2.18. The van der Waals surface area contributed by atoms with Gasteiger partial charge in [-0.15, -0.1) is 0 Å². The molecule has 112 valence electrons. The number of alkyl carbamates (subject to hydrolysis) is 1. The number of anilines is 1. The van der Waals surface area contributed by atoms with Gasteiger partial charge in [0.2, 0.25) is 5.82 Å². The minimum Gasteiger partial charge on any atom is -0.444 e. The first-order chi connectivity index (χ1) is 9.19. The Morgan fingerprint density at radius 2 is 1.95 bits per heavy atom. The summed E-state index contributed by atoms with van der Waals surface area (Å²) in [7, 11) is 1.68. The van der Waals surface area contributed by atoms with Gasteiger partial charge in [-0.3, -0.25) is 4.79 Å². The van der Waals surface area contributed by atoms with E-state index in [0.29, 0.717) is 0 Å². The lowest BCUT2D eigenvalue weighted by Gasteiger charge is -2.19. The number of carbonyl (C=O) groups excluding carboxylic acids is 2. The van der Waals surface area contributed by atoms with Crippen molar-refractivity contribution in [3.05, 3.63) is 12.0 Å². The van der Waals surface area contributed by atoms with E-state index in [9.17, 15) is 9.59 Å². The molecule has 0 bridgehead atoms. The fraction of sp³-hybridized carbons (Fsp3) is 0.583. The van der Waals surface area contributed by atoms with Gasteiger partial charge >= 0.3 is 6.09 Å². The van der Waals surface area contributed by atoms with Gasteiger partial charge in [0.15, 0.2) is 0 Å². The number of nitrogen functional groups attached to an aromatic ring is 1. The first kappa shape index (κ1) is 15.8. The molecule has 8 heteroatoms. The Hall–Kier alpha value is -2.25. The Balaban J connectivity index is 2.30. The quantitative estimate of drug-likeness (QED) is 0.686. The maximum atomic E-state index is 11.8. The third-order valence-corrected chi connectivity index (χ3v) is 2.18. The molecule has 8 nitrogen and oxygen atoms in total. The lowest BCUT2D eigenvalue weighted by atomic mass is 10.2. The molecule has 0 aliphatic heterocycles. The molecule has 20 heavy (non-hydrogen) atoms. The number of aryl methyl sites for hydroxylation is 1. The van der Waals surface area contributed by atoms with Crippen molar-refractivity contribution in [1.82, 2.24) is 20.2 Å². The van der Waals surface area contributed by atoms with Crippen molar-refractivity contribution in [3.63, 3.8) is 0 Å². The summed E-state index contributed by atoms with van der Waals surface area (Å²) in [5.74, 6) is 0.152. The van der Waals surface area contributed by atoms with E-state index in [2.05, 4.69) is 15.6 Å². The maximum absolute atomic E-state index is 11.8. The average molecular weight is 283 g/mol. The molecule has 2 amide bonds. The Morgan fingerprint density at radius 3 is 2.45 bits per heavy atom. The highest BCUT2D eigenvalue weighted by Gasteiger charge is 2.16. The van der Waals surface area contributed by atoms with Crippen LogP contribution in [0.5, 0.6) is 0 Å². The van der Waals surface area contributed by atoms with Gasteiger partial charge in [-0.2, -0.15) is 0 Å². The van der Waals surface area contributed by atoms with Gasteiger partial charge in [0.25, 0.3) is 5.91 Å². The zero-order valence-electron chi connectivity index (χ0n) is 12.2. The zero-order chi connectivity index (χ0) is 15.3. The Kier molecular flexibility index (Phi) is 4.95. The van der Waals surface area contributed by atoms with Crippen LogP contribution in [0.15, 0.2) is 6.20 Å². The van der Waals surface area contributed by atoms with E-state index in [4.69, 9.17) is 10.5 Å². The molecule has 0 spiro atoms. The summed E-state index contributed by atoms with van der Waals surface area (Å²) in [4.78, 5) is 27.0. The number of nitrogens with one attached hydrogen (secondary N) is 2. The largest absolute Gasteiger partial charge is 0.444 e. The molecule has 0 saturated heterocycles. The highest BCUT2D eigenvalue weighted by molar-refractivity contribution is 5.91. The van der Waals surface area contributed by atoms with Crippen molar-refractivity contribution < 1.29 is 14.3 Å². The average Bonchev–Trinajstić information content (AvgIpc) is 2.61. The number of hydrogen-bond donors (Lipinski definition) is 3. The van der Waals surface area contributed by atoms with Crippen molar-refractivity contribution in [3.8, 4) is 0 Å². The number of nitrogens with zero attached hydrogens (tertiary/aromatic N) is 2. The first-order valence-corrected chi connectivity index (χ1v) is 6.23. The van der Waals surface area contributed by atoms with E-state index in [-0.39, 0.29) is 30.6 Å². The van der Waals surface area contributed by atoms with E-state index < -0.39 is 11.7 Å². The Morgan fingerprint density at radius 1 is 1.35 bits per heavy atom. The van der Waals surface area contributed by atoms with Crippen LogP contribution in [0.1, 0.15) is 31.4 Å². The van der Waals surface area contributed by atoms with Crippen molar-refractivity contribution in [2.24, 2.45) is 7.05 Å². The third kappa shape index (κ3) is 5.17. The molecular formula is C12H21N5O3. The molecule has 0 fully saturated rings. The Labute approximate surface area is 117 Å². The normalized spacial score (nSPS) is 11.0. The zero-order valence-corrected chi connectivity index (χ0v) is 12.2. The van der Waals surface area contributed by atoms with E-state index in [1.807, 2.05) is 0 Å². The van der Waals surface area contributed by atoms with E-state index in [1.165, 1.54) is 4.57 Å². The van der Waals surface area contributed by atoms with Crippen LogP contribution in [-0.4, -0.2) is 40.2 Å². The predicted molar refractivity (Wildman–Crippen MR) is 74.2 cm³/mol. The Bertz CT molecular complexity index is 490. The molecule has 1 rings (SSSR count). The molecule has 0 aromatic carbocycles. The van der Waals surface area contributed by atoms with Crippen molar-refractivity contribution in [2.75, 3.05) is 18.8 Å². The van der Waals surface area contributed by atoms with Crippen LogP contribution in [0.4, 0.5) is 10.6 Å². The summed E-state index contributed by atoms with van der Waals surface area (Å²) >= 11 is 0. The first-order valence-electron chi connectivity index (χ1n) is 6.23. The monoisotopic (exact) mass is 283 g/mol. The number of ether oxygens (including phenoxy) is 1. The predicted octanol–water partition coefficient (Wildman–Crippen LogP) is 0.257. The molecule has 0 saturated carbocycles. The lowest BCUT2D eigenvalue weighted by molar-refractivity contribution is 0.0526. The number of imidazole rings is 1. The van der Waals surface area contributed by atoms with E-state index in [0.717, 1.165) is 0 Å². The fourth-order valence-corrected chi connectivity index (χ4v) is 1.43. The van der Waals surface area contributed by atoms with Crippen molar-refractivity contribution in [1.29, 1.82) is 0 Å². The number of carbonyl (C=O) groups is 2. The minimum atomic E-state index is -0.544. The van der Waals surface area contributed by atoms with Crippen LogP contribution in [0, 0.1) is 0 Å². The summed E-state index contributed by atoms with van der Waals surface area (Å²) in [6, 6.07) is 0. The van der Waals surface area contributed by atoms with Crippen molar-refractivity contribution >= 4 is 17.8 Å². The number of nitrogens with two attached hydrogens (primary N) is 1. The molecular weight excluding hydrogens is 262 g/mol. The van der Waals surface area contributed by atoms with Gasteiger partial charge in [0.1, 0.15) is 11.4 Å². The van der Waals surface area contributed by atoms with Crippen LogP contribution in [0.25, 0.3) is 0 Å². The second kappa shape index (κ2) is 6.27. The van der Waals surface area contributed by atoms with Crippen LogP contribution in [-0.2, 0) is 11.8 Å². The minimum absolute atomic E-state index is 0.222. The second-order valence-corrected chi connectivity index (χ2v) is 5.28. The summed E-state index contributed by atoms with van der Waals surface area (Å²) in [6.07, 6.45) is 1.03. The lowest BCUT2D eigenvalue weighted by Crippen LogP contribution is -2.38. The topological polar surface area (TPSA) is 111 Å². The highest BCUT2D eigenvalue weighted by atomic mass is 16.6. The van der Waals surface area contributed by atoms with Gasteiger partial charge in [-0.1, -0.05) is 0 Å². The second-order valence-electron chi connectivity index (χ2n) is 5.28. The molecule has 0 aliphatic carbocycles. The molecule has 0 unspecified atom stereocenters. The molecule has 0 aliphatic rings. The molecule has 1 heterocycles. The number of rotatable bonds is 4. The summed E-state index contributed by atoms with van der Waals surface area (Å²) in [5, 5.41) is 5.16. The van der Waals surface area contributed by atoms with Gasteiger partial charge in [0, 0.05) is 26.3 Å². The van der Waals surface area contributed by atoms with Crippen LogP contribution in [0.3, 0.4) is 0 Å². The fourth-order valence-electron chi connectivity index (χ4n) is 1.43. The summed E-state index contributed by atoms with van der Waals surface area (Å²) in [6.45, 7) is 5.87. The van der Waals surface area contributed by atoms with Gasteiger partial charge in [0.05, 0.1) is 0 Å². The van der Waals surface area contributed by atoms with Crippen molar-refractivity contribution in [2.45, 2.75) is 26.4 Å². The van der Waals surface area contributed by atoms with Gasteiger partial charge < -0.3 is 25.7 Å². The van der Waals surface area contributed by atoms with Gasteiger partial charge in [-0.25, -0.2) is 9.78 Å². The molecule has 1 aromatic heterocycles. The van der Waals surface area contributed by atoms with E-state index >= 15 is 0 Å². The standard InChI is InChI=1S/C12H21N5O3/c1-12(2,3)20-11(19)15-6-5-14-10(18)9-16-8(13)7-17(9)4/h7H,5-6,13H2,1-4H3,(H,14,18)(H,15,19). The van der Waals surface area contributed by atoms with Crippen LogP contribution in [0.2, 0.25) is 0 Å². The number of aromatic nitrogens is 2.